The molecule has 3 N–H and O–H groups in total. The van der Waals surface area contributed by atoms with Gasteiger partial charge in [0.05, 0.1) is 18.2 Å². The van der Waals surface area contributed by atoms with Crippen molar-refractivity contribution in [1.29, 1.82) is 0 Å². The lowest BCUT2D eigenvalue weighted by Crippen LogP contribution is -2.37. The van der Waals surface area contributed by atoms with E-state index in [2.05, 4.69) is 5.32 Å². The molecule has 1 amide bonds. The number of carbonyl (C=O) groups is 1. The molecule has 1 rings (SSSR count). The van der Waals surface area contributed by atoms with Gasteiger partial charge in [-0.3, -0.25) is 4.79 Å². The van der Waals surface area contributed by atoms with Gasteiger partial charge in [-0.05, 0) is 24.6 Å². The molecule has 6 heteroatoms. The normalized spacial score (nSPS) is 11.3. The lowest BCUT2D eigenvalue weighted by molar-refractivity contribution is -0.122. The van der Waals surface area contributed by atoms with Crippen LogP contribution in [0, 0.1) is 0 Å². The average molecular weight is 279 g/mol. The van der Waals surface area contributed by atoms with Gasteiger partial charge in [0.25, 0.3) is 0 Å². The van der Waals surface area contributed by atoms with Gasteiger partial charge in [0.15, 0.2) is 0 Å². The molecule has 0 bridgehead atoms. The number of amides is 1. The Morgan fingerprint density at radius 1 is 1.59 bits per heavy atom. The summed E-state index contributed by atoms with van der Waals surface area (Å²) in [6.45, 7) is 2.04. The van der Waals surface area contributed by atoms with Gasteiger partial charge in [0.2, 0.25) is 5.91 Å². The summed E-state index contributed by atoms with van der Waals surface area (Å²) in [7, 11) is 1.55. The van der Waals surface area contributed by atoms with Gasteiger partial charge in [-0.1, -0.05) is 17.7 Å². The first-order valence-electron chi connectivity index (χ1n) is 4.90. The molecule has 0 saturated heterocycles. The Kier molecular flexibility index (Phi) is 6.95. The van der Waals surface area contributed by atoms with Crippen LogP contribution in [0.15, 0.2) is 18.2 Å². The van der Waals surface area contributed by atoms with Crippen LogP contribution in [0.4, 0.5) is 0 Å². The maximum atomic E-state index is 11.2. The van der Waals surface area contributed by atoms with Crippen LogP contribution < -0.4 is 15.8 Å². The van der Waals surface area contributed by atoms with Crippen LogP contribution >= 0.6 is 24.0 Å². The molecule has 0 aliphatic rings. The van der Waals surface area contributed by atoms with Gasteiger partial charge in [0, 0.05) is 6.54 Å². The van der Waals surface area contributed by atoms with Gasteiger partial charge in [-0.25, -0.2) is 0 Å². The number of nitrogens with two attached hydrogens (primary N) is 1. The molecular weight excluding hydrogens is 263 g/mol. The van der Waals surface area contributed by atoms with E-state index in [-0.39, 0.29) is 18.3 Å². The van der Waals surface area contributed by atoms with Crippen LogP contribution in [-0.2, 0) is 11.3 Å². The van der Waals surface area contributed by atoms with Crippen molar-refractivity contribution in [3.05, 3.63) is 28.8 Å². The third-order valence-electron chi connectivity index (χ3n) is 2.10. The molecule has 17 heavy (non-hydrogen) atoms. The summed E-state index contributed by atoms with van der Waals surface area (Å²) >= 11 is 5.94. The second-order valence-electron chi connectivity index (χ2n) is 3.48. The highest BCUT2D eigenvalue weighted by molar-refractivity contribution is 6.32. The third-order valence-corrected chi connectivity index (χ3v) is 2.39. The molecule has 0 aliphatic carbocycles. The molecule has 1 atom stereocenters. The van der Waals surface area contributed by atoms with E-state index in [9.17, 15) is 4.79 Å². The van der Waals surface area contributed by atoms with Crippen molar-refractivity contribution in [2.75, 3.05) is 7.11 Å². The molecule has 0 aromatic heterocycles. The molecule has 1 aromatic carbocycles. The predicted molar refractivity (Wildman–Crippen MR) is 70.7 cm³/mol. The minimum atomic E-state index is -0.506. The highest BCUT2D eigenvalue weighted by atomic mass is 35.5. The summed E-state index contributed by atoms with van der Waals surface area (Å²) < 4.78 is 5.02. The topological polar surface area (TPSA) is 64.3 Å². The summed E-state index contributed by atoms with van der Waals surface area (Å²) in [5.74, 6) is 0.427. The van der Waals surface area contributed by atoms with Crippen LogP contribution in [0.5, 0.6) is 5.75 Å². The van der Waals surface area contributed by atoms with Gasteiger partial charge < -0.3 is 15.8 Å². The van der Waals surface area contributed by atoms with Gasteiger partial charge in [0.1, 0.15) is 5.75 Å². The Labute approximate surface area is 112 Å². The standard InChI is InChI=1S/C11H15ClN2O2.ClH/c1-7(13)11(15)14-6-8-3-4-10(16-2)9(12)5-8;/h3-5,7H,6,13H2,1-2H3,(H,14,15);1H/t7-;/m1./s1. The van der Waals surface area contributed by atoms with Crippen molar-refractivity contribution in [2.45, 2.75) is 19.5 Å². The fourth-order valence-corrected chi connectivity index (χ4v) is 1.45. The van der Waals surface area contributed by atoms with Crippen molar-refractivity contribution in [3.63, 3.8) is 0 Å². The van der Waals surface area contributed by atoms with E-state index in [0.717, 1.165) is 5.56 Å². The van der Waals surface area contributed by atoms with Gasteiger partial charge in [-0.2, -0.15) is 0 Å². The summed E-state index contributed by atoms with van der Waals surface area (Å²) in [6, 6.07) is 4.85. The Bertz CT molecular complexity index is 384. The van der Waals surface area contributed by atoms with Gasteiger partial charge >= 0.3 is 0 Å². The zero-order valence-electron chi connectivity index (χ0n) is 9.70. The highest BCUT2D eigenvalue weighted by Gasteiger charge is 2.07. The number of hydrogen-bond donors (Lipinski definition) is 2. The third kappa shape index (κ3) is 4.81. The molecule has 0 fully saturated rings. The molecule has 0 aliphatic heterocycles. The second-order valence-corrected chi connectivity index (χ2v) is 3.88. The predicted octanol–water partition coefficient (Wildman–Crippen LogP) is 1.73. The molecule has 4 nitrogen and oxygen atoms in total. The molecule has 96 valence electrons. The monoisotopic (exact) mass is 278 g/mol. The van der Waals surface area contributed by atoms with Crippen molar-refractivity contribution in [1.82, 2.24) is 5.32 Å². The van der Waals surface area contributed by atoms with Crippen molar-refractivity contribution in [3.8, 4) is 5.75 Å². The number of ether oxygens (including phenoxy) is 1. The Balaban J connectivity index is 0.00000256. The van der Waals surface area contributed by atoms with Crippen molar-refractivity contribution < 1.29 is 9.53 Å². The van der Waals surface area contributed by atoms with Gasteiger partial charge in [-0.15, -0.1) is 12.4 Å². The summed E-state index contributed by atoms with van der Waals surface area (Å²) in [6.07, 6.45) is 0. The van der Waals surface area contributed by atoms with E-state index in [1.165, 1.54) is 0 Å². The van der Waals surface area contributed by atoms with E-state index in [1.54, 1.807) is 26.2 Å². The number of methoxy groups -OCH3 is 1. The number of carbonyl (C=O) groups excluding carboxylic acids is 1. The van der Waals surface area contributed by atoms with Crippen molar-refractivity contribution in [2.24, 2.45) is 5.73 Å². The first kappa shape index (κ1) is 16.0. The number of benzene rings is 1. The van der Waals surface area contributed by atoms with E-state index < -0.39 is 6.04 Å². The van der Waals surface area contributed by atoms with E-state index >= 15 is 0 Å². The van der Waals surface area contributed by atoms with Crippen molar-refractivity contribution >= 4 is 29.9 Å². The van der Waals surface area contributed by atoms with Crippen LogP contribution in [0.3, 0.4) is 0 Å². The zero-order chi connectivity index (χ0) is 12.1. The first-order chi connectivity index (χ1) is 7.54. The molecule has 0 heterocycles. The van der Waals surface area contributed by atoms with Crippen LogP contribution in [-0.4, -0.2) is 19.1 Å². The molecule has 0 unspecified atom stereocenters. The lowest BCUT2D eigenvalue weighted by atomic mass is 10.2. The molecule has 0 spiro atoms. The largest absolute Gasteiger partial charge is 0.495 e. The zero-order valence-corrected chi connectivity index (χ0v) is 11.3. The van der Waals surface area contributed by atoms with E-state index in [0.29, 0.717) is 17.3 Å². The quantitative estimate of drug-likeness (QED) is 0.882. The molecule has 0 radical (unpaired) electrons. The molecule has 1 aromatic rings. The maximum Gasteiger partial charge on any atom is 0.236 e. The number of rotatable bonds is 4. The Morgan fingerprint density at radius 3 is 2.71 bits per heavy atom. The number of halogens is 2. The summed E-state index contributed by atoms with van der Waals surface area (Å²) in [5.41, 5.74) is 6.32. The number of hydrogen-bond acceptors (Lipinski definition) is 3. The Hall–Kier alpha value is -0.970. The minimum Gasteiger partial charge on any atom is -0.495 e. The molecular formula is C11H16Cl2N2O2. The fourth-order valence-electron chi connectivity index (χ4n) is 1.17. The number of nitrogens with one attached hydrogen (secondary N) is 1. The first-order valence-corrected chi connectivity index (χ1v) is 5.28. The Morgan fingerprint density at radius 2 is 2.24 bits per heavy atom. The molecule has 0 saturated carbocycles. The highest BCUT2D eigenvalue weighted by Crippen LogP contribution is 2.24. The van der Waals surface area contributed by atoms with Crippen LogP contribution in [0.25, 0.3) is 0 Å². The minimum absolute atomic E-state index is 0. The second kappa shape index (κ2) is 7.37. The van der Waals surface area contributed by atoms with E-state index in [4.69, 9.17) is 22.1 Å². The summed E-state index contributed by atoms with van der Waals surface area (Å²) in [5, 5.41) is 3.22. The average Bonchev–Trinajstić information content (AvgIpc) is 2.25. The van der Waals surface area contributed by atoms with Crippen LogP contribution in [0.2, 0.25) is 5.02 Å². The fraction of sp³-hybridized carbons (Fsp3) is 0.364. The lowest BCUT2D eigenvalue weighted by Gasteiger charge is -2.09. The maximum absolute atomic E-state index is 11.2. The van der Waals surface area contributed by atoms with E-state index in [1.807, 2.05) is 6.07 Å². The summed E-state index contributed by atoms with van der Waals surface area (Å²) in [4.78, 5) is 11.2. The SMILES string of the molecule is COc1ccc(CNC(=O)[C@@H](C)N)cc1Cl.Cl. The smallest absolute Gasteiger partial charge is 0.236 e. The van der Waals surface area contributed by atoms with Crippen LogP contribution in [0.1, 0.15) is 12.5 Å².